The maximum atomic E-state index is 13.6. The number of hydrogen-bond donors (Lipinski definition) is 2. The number of nitrogens with zero attached hydrogens (tertiary/aromatic N) is 2. The third-order valence-corrected chi connectivity index (χ3v) is 5.05. The lowest BCUT2D eigenvalue weighted by Crippen LogP contribution is -2.40. The lowest BCUT2D eigenvalue weighted by Gasteiger charge is -2.26. The molecule has 0 saturated carbocycles. The van der Waals surface area contributed by atoms with E-state index < -0.39 is 11.6 Å². The summed E-state index contributed by atoms with van der Waals surface area (Å²) in [7, 11) is 0. The van der Waals surface area contributed by atoms with Crippen molar-refractivity contribution in [2.75, 3.05) is 45.9 Å². The van der Waals surface area contributed by atoms with Crippen molar-refractivity contribution < 1.29 is 17.9 Å². The van der Waals surface area contributed by atoms with E-state index in [1.54, 1.807) is 12.3 Å². The molecule has 2 heterocycles. The molecule has 1 aromatic carbocycles. The molecule has 0 aliphatic carbocycles. The summed E-state index contributed by atoms with van der Waals surface area (Å²) >= 11 is 0. The Bertz CT molecular complexity index is 792. The van der Waals surface area contributed by atoms with Crippen LogP contribution in [0.15, 0.2) is 46.0 Å². The summed E-state index contributed by atoms with van der Waals surface area (Å²) < 4.78 is 37.6. The third-order valence-electron chi connectivity index (χ3n) is 5.05. The van der Waals surface area contributed by atoms with E-state index in [0.717, 1.165) is 57.5 Å². The summed E-state index contributed by atoms with van der Waals surface area (Å²) in [6, 6.07) is 7.50. The zero-order chi connectivity index (χ0) is 21.2. The first-order valence-corrected chi connectivity index (χ1v) is 10.4. The zero-order valence-electron chi connectivity index (χ0n) is 17.4. The van der Waals surface area contributed by atoms with E-state index in [0.29, 0.717) is 24.6 Å². The molecule has 0 amide bonds. The van der Waals surface area contributed by atoms with Gasteiger partial charge in [0.25, 0.3) is 0 Å². The molecule has 1 fully saturated rings. The van der Waals surface area contributed by atoms with Crippen LogP contribution in [0.5, 0.6) is 0 Å². The second-order valence-corrected chi connectivity index (χ2v) is 7.33. The molecule has 1 aromatic heterocycles. The van der Waals surface area contributed by atoms with Gasteiger partial charge in [-0.3, -0.25) is 9.89 Å². The lowest BCUT2D eigenvalue weighted by atomic mass is 10.1. The zero-order valence-corrected chi connectivity index (χ0v) is 17.4. The van der Waals surface area contributed by atoms with Crippen LogP contribution in [-0.2, 0) is 11.2 Å². The number of ether oxygens (including phenoxy) is 1. The molecule has 1 aliphatic rings. The Kier molecular flexibility index (Phi) is 8.65. The van der Waals surface area contributed by atoms with Crippen LogP contribution in [0.4, 0.5) is 8.78 Å². The maximum absolute atomic E-state index is 13.6. The highest BCUT2D eigenvalue weighted by molar-refractivity contribution is 5.80. The van der Waals surface area contributed by atoms with Gasteiger partial charge < -0.3 is 19.8 Å². The van der Waals surface area contributed by atoms with Gasteiger partial charge in [-0.25, -0.2) is 8.78 Å². The quantitative estimate of drug-likeness (QED) is 0.371. The van der Waals surface area contributed by atoms with Gasteiger partial charge in [-0.2, -0.15) is 0 Å². The van der Waals surface area contributed by atoms with E-state index in [1.807, 2.05) is 19.1 Å². The van der Waals surface area contributed by atoms with Crippen LogP contribution in [0, 0.1) is 11.6 Å². The fourth-order valence-electron chi connectivity index (χ4n) is 3.29. The fourth-order valence-corrected chi connectivity index (χ4v) is 3.29. The van der Waals surface area contributed by atoms with Crippen LogP contribution in [-0.4, -0.2) is 56.8 Å². The molecule has 1 atom stereocenters. The molecule has 0 spiro atoms. The van der Waals surface area contributed by atoms with Gasteiger partial charge in [-0.15, -0.1) is 0 Å². The van der Waals surface area contributed by atoms with Crippen molar-refractivity contribution in [2.24, 2.45) is 4.99 Å². The molecular formula is C22H30F2N4O2. The number of morpholine rings is 1. The van der Waals surface area contributed by atoms with Gasteiger partial charge in [0, 0.05) is 39.1 Å². The van der Waals surface area contributed by atoms with Crippen LogP contribution in [0.2, 0.25) is 0 Å². The summed E-state index contributed by atoms with van der Waals surface area (Å²) in [6.07, 6.45) is 3.31. The van der Waals surface area contributed by atoms with Crippen LogP contribution < -0.4 is 10.6 Å². The largest absolute Gasteiger partial charge is 0.469 e. The van der Waals surface area contributed by atoms with Gasteiger partial charge >= 0.3 is 0 Å². The molecule has 2 aromatic rings. The van der Waals surface area contributed by atoms with Gasteiger partial charge in [0.05, 0.1) is 25.5 Å². The smallest absolute Gasteiger partial charge is 0.191 e. The van der Waals surface area contributed by atoms with E-state index in [-0.39, 0.29) is 6.04 Å². The lowest BCUT2D eigenvalue weighted by molar-refractivity contribution is 0.0377. The molecule has 8 heteroatoms. The van der Waals surface area contributed by atoms with Gasteiger partial charge in [-0.05, 0) is 43.2 Å². The highest BCUT2D eigenvalue weighted by Gasteiger charge is 2.12. The predicted molar refractivity (Wildman–Crippen MR) is 113 cm³/mol. The second kappa shape index (κ2) is 11.7. The fraction of sp³-hybridized carbons (Fsp3) is 0.500. The predicted octanol–water partition coefficient (Wildman–Crippen LogP) is 3.12. The van der Waals surface area contributed by atoms with E-state index in [1.165, 1.54) is 6.07 Å². The van der Waals surface area contributed by atoms with Crippen LogP contribution in [0.3, 0.4) is 0 Å². The van der Waals surface area contributed by atoms with Crippen LogP contribution in [0.25, 0.3) is 0 Å². The second-order valence-electron chi connectivity index (χ2n) is 7.33. The number of aliphatic imine (C=N–C) groups is 1. The molecule has 1 unspecified atom stereocenters. The highest BCUT2D eigenvalue weighted by Crippen LogP contribution is 2.15. The molecule has 30 heavy (non-hydrogen) atoms. The maximum Gasteiger partial charge on any atom is 0.191 e. The molecule has 1 saturated heterocycles. The number of nitrogens with one attached hydrogen (secondary N) is 2. The monoisotopic (exact) mass is 420 g/mol. The van der Waals surface area contributed by atoms with E-state index in [4.69, 9.17) is 9.15 Å². The number of hydrogen-bond acceptors (Lipinski definition) is 4. The Morgan fingerprint density at radius 1 is 1.20 bits per heavy atom. The van der Waals surface area contributed by atoms with Crippen LogP contribution in [0.1, 0.15) is 30.7 Å². The Morgan fingerprint density at radius 3 is 2.77 bits per heavy atom. The first-order chi connectivity index (χ1) is 14.6. The Balaban J connectivity index is 1.54. The average Bonchev–Trinajstić information content (AvgIpc) is 3.27. The number of halogens is 2. The summed E-state index contributed by atoms with van der Waals surface area (Å²) in [5.74, 6) is -0.168. The molecular weight excluding hydrogens is 390 g/mol. The van der Waals surface area contributed by atoms with Crippen molar-refractivity contribution in [2.45, 2.75) is 25.8 Å². The topological polar surface area (TPSA) is 62.0 Å². The average molecular weight is 421 g/mol. The number of rotatable bonds is 9. The molecule has 164 valence electrons. The number of furan rings is 1. The summed E-state index contributed by atoms with van der Waals surface area (Å²) in [5, 5.41) is 6.58. The van der Waals surface area contributed by atoms with Crippen molar-refractivity contribution >= 4 is 5.96 Å². The van der Waals surface area contributed by atoms with Crippen molar-refractivity contribution in [3.05, 3.63) is 59.6 Å². The molecule has 3 rings (SSSR count). The molecule has 1 aliphatic heterocycles. The summed E-state index contributed by atoms with van der Waals surface area (Å²) in [6.45, 7) is 7.68. The molecule has 2 N–H and O–H groups in total. The minimum absolute atomic E-state index is 0.228. The van der Waals surface area contributed by atoms with Crippen molar-refractivity contribution in [1.82, 2.24) is 15.5 Å². The normalized spacial score (nSPS) is 16.4. The Hall–Kier alpha value is -2.45. The third kappa shape index (κ3) is 7.11. The van der Waals surface area contributed by atoms with E-state index >= 15 is 0 Å². The number of guanidine groups is 1. The minimum Gasteiger partial charge on any atom is -0.469 e. The van der Waals surface area contributed by atoms with Gasteiger partial charge in [0.1, 0.15) is 5.76 Å². The Morgan fingerprint density at radius 2 is 2.03 bits per heavy atom. The summed E-state index contributed by atoms with van der Waals surface area (Å²) in [5.41, 5.74) is 0.655. The van der Waals surface area contributed by atoms with E-state index in [9.17, 15) is 8.78 Å². The van der Waals surface area contributed by atoms with Crippen molar-refractivity contribution in [1.29, 1.82) is 0 Å². The molecule has 6 nitrogen and oxygen atoms in total. The standard InChI is InChI=1S/C22H30F2N4O2/c1-17(18-5-6-20(23)21(24)16-18)27-22(26-9-7-19-4-2-13-30-19)25-8-3-10-28-11-14-29-15-12-28/h2,4-6,13,16-17H,3,7-12,14-15H2,1H3,(H2,25,26,27). The summed E-state index contributed by atoms with van der Waals surface area (Å²) in [4.78, 5) is 7.05. The Labute approximate surface area is 176 Å². The molecule has 0 bridgehead atoms. The van der Waals surface area contributed by atoms with Crippen molar-refractivity contribution in [3.8, 4) is 0 Å². The SMILES string of the molecule is CC(NC(=NCCCN1CCOCC1)NCCc1ccco1)c1ccc(F)c(F)c1. The van der Waals surface area contributed by atoms with Crippen LogP contribution >= 0.6 is 0 Å². The van der Waals surface area contributed by atoms with Gasteiger partial charge in [0.15, 0.2) is 17.6 Å². The number of benzene rings is 1. The first kappa shape index (κ1) is 22.2. The van der Waals surface area contributed by atoms with Gasteiger partial charge in [-0.1, -0.05) is 6.07 Å². The van der Waals surface area contributed by atoms with Crippen molar-refractivity contribution in [3.63, 3.8) is 0 Å². The van der Waals surface area contributed by atoms with E-state index in [2.05, 4.69) is 20.5 Å². The highest BCUT2D eigenvalue weighted by atomic mass is 19.2. The molecule has 0 radical (unpaired) electrons. The minimum atomic E-state index is -0.851. The van der Waals surface area contributed by atoms with Gasteiger partial charge in [0.2, 0.25) is 0 Å². The first-order valence-electron chi connectivity index (χ1n) is 10.4.